The molecule has 446 valence electrons. The zero-order valence-electron chi connectivity index (χ0n) is 47.2. The van der Waals surface area contributed by atoms with E-state index >= 15 is 0 Å². The molecule has 19 heteroatoms. The molecule has 16 aliphatic heterocycles. The fourth-order valence-electron chi connectivity index (χ4n) is 18.3. The van der Waals surface area contributed by atoms with Crippen LogP contribution in [0.15, 0.2) is 24.3 Å². The van der Waals surface area contributed by atoms with Crippen LogP contribution in [0.1, 0.15) is 150 Å². The summed E-state index contributed by atoms with van der Waals surface area (Å²) >= 11 is 0. The number of carbonyl (C=O) groups is 1. The Morgan fingerprint density at radius 1 is 0.500 bits per heavy atom. The topological polar surface area (TPSA) is 216 Å². The van der Waals surface area contributed by atoms with Crippen LogP contribution < -0.4 is 0 Å². The molecule has 0 aromatic rings. The largest absolute Gasteiger partial charge is 0.459 e. The standard InChI is InChI=1S/C61H88O19/c1-27-15-34-8-11-38-28(2)16-36(66-38)13-14-59-24-47-55(79-59)56-57(73-47)58(80-59)54-39(70-56)12-9-35(68-54)17-49(65)74-53-32(6)52-44(69-43(53)18-40(67-34)31(27)5)20-42-46(72-52)23-61(75-42)25-48-51(78-61)30(4)22-60(77-48)21-29(3)50-45(76-60)19-41(71-50)37(64)10-7-33(63)26-62/h27,29-30,32-48,50-58,62-64H,2,5,7-26H2,1,3-4,6H3/t27-,29+,30+,32+,33?,34+,35-,36+,37?,38+,39+,40-,41+,42+,43+,44+,45+,46+,47-,48+,50+,51+,52+,53-,54+,55+,56+,57-,58+,59+,60-,61+/m1/s1. The van der Waals surface area contributed by atoms with Crippen molar-refractivity contribution in [1.82, 2.24) is 0 Å². The molecule has 3 N–H and O–H groups in total. The molecule has 16 fully saturated rings. The van der Waals surface area contributed by atoms with Crippen molar-refractivity contribution in [2.24, 2.45) is 23.7 Å². The lowest BCUT2D eigenvalue weighted by atomic mass is 9.79. The van der Waals surface area contributed by atoms with Crippen LogP contribution in [-0.2, 0) is 75.8 Å². The van der Waals surface area contributed by atoms with Gasteiger partial charge >= 0.3 is 5.97 Å². The highest BCUT2D eigenvalue weighted by Crippen LogP contribution is 2.58. The maximum absolute atomic E-state index is 14.6. The number of ether oxygens (including phenoxy) is 15. The van der Waals surface area contributed by atoms with Gasteiger partial charge in [-0.3, -0.25) is 4.79 Å². The number of rotatable bonds is 5. The smallest absolute Gasteiger partial charge is 0.308 e. The zero-order chi connectivity index (χ0) is 54.7. The Kier molecular flexibility index (Phi) is 14.2. The van der Waals surface area contributed by atoms with E-state index in [1.165, 1.54) is 0 Å². The molecule has 0 saturated carbocycles. The molecule has 16 rings (SSSR count). The minimum Gasteiger partial charge on any atom is -0.459 e. The predicted octanol–water partition coefficient (Wildman–Crippen LogP) is 5.32. The highest BCUT2D eigenvalue weighted by atomic mass is 16.8. The lowest BCUT2D eigenvalue weighted by Crippen LogP contribution is -2.62. The molecule has 2 unspecified atom stereocenters. The summed E-state index contributed by atoms with van der Waals surface area (Å²) in [5, 5.41) is 30.3. The third kappa shape index (κ3) is 9.59. The average molecular weight is 1130 g/mol. The van der Waals surface area contributed by atoms with Gasteiger partial charge in [0.15, 0.2) is 17.4 Å². The Morgan fingerprint density at radius 2 is 1.18 bits per heavy atom. The summed E-state index contributed by atoms with van der Waals surface area (Å²) in [6.45, 7) is 17.5. The van der Waals surface area contributed by atoms with Crippen LogP contribution in [0, 0.1) is 23.7 Å². The third-order valence-electron chi connectivity index (χ3n) is 22.2. The summed E-state index contributed by atoms with van der Waals surface area (Å²) in [7, 11) is 0. The van der Waals surface area contributed by atoms with E-state index in [0.29, 0.717) is 77.0 Å². The number of esters is 1. The molecule has 32 atom stereocenters. The molecule has 80 heavy (non-hydrogen) atoms. The Morgan fingerprint density at radius 3 is 2.02 bits per heavy atom. The lowest BCUT2D eigenvalue weighted by Gasteiger charge is -2.50. The summed E-state index contributed by atoms with van der Waals surface area (Å²) in [5.74, 6) is -2.71. The normalized spacial score (nSPS) is 56.6. The molecule has 0 aromatic heterocycles. The minimum absolute atomic E-state index is 0.0148. The molecular formula is C61H88O19. The SMILES string of the molecule is C=C1C[C@@H]2CC[C@@]34C[C@H]5O[C@H]6[C@@H](O3)[C@H]3O[C@H](CC[C@@H]3O[C@H]6[C@H]5O4)CC(=O)O[C@@H]3[C@@H](C)[C@@H]4O[C@H]5C[C@]6(C[C@@H]7O[C@]8(C[C@H](C)[C@@H]9O[C@H](C(O)CCC(O)CO)C[C@@H]9O8)C[C@H](C)[C@@H]7O6)O[C@H]5C[C@@H]4O[C@H]3C[C@H]3O[C@@H](CC[C@@H]1O2)C[C@@H](C)C3=C. The maximum Gasteiger partial charge on any atom is 0.308 e. The van der Waals surface area contributed by atoms with Crippen molar-refractivity contribution in [2.75, 3.05) is 6.61 Å². The van der Waals surface area contributed by atoms with Gasteiger partial charge in [-0.25, -0.2) is 0 Å². The van der Waals surface area contributed by atoms with Crippen molar-refractivity contribution < 1.29 is 91.2 Å². The number of aliphatic hydroxyl groups is 3. The van der Waals surface area contributed by atoms with Crippen molar-refractivity contribution >= 4 is 5.97 Å². The van der Waals surface area contributed by atoms with E-state index in [-0.39, 0.29) is 146 Å². The fourth-order valence-corrected chi connectivity index (χ4v) is 18.3. The molecule has 19 nitrogen and oxygen atoms in total. The van der Waals surface area contributed by atoms with Gasteiger partial charge in [-0.2, -0.15) is 0 Å². The van der Waals surface area contributed by atoms with Crippen molar-refractivity contribution in [3.63, 3.8) is 0 Å². The van der Waals surface area contributed by atoms with Crippen LogP contribution in [0.5, 0.6) is 0 Å². The van der Waals surface area contributed by atoms with Crippen molar-refractivity contribution in [2.45, 2.75) is 320 Å². The van der Waals surface area contributed by atoms with Gasteiger partial charge in [-0.15, -0.1) is 0 Å². The quantitative estimate of drug-likeness (QED) is 0.235. The number of aliphatic hydroxyl groups excluding tert-OH is 3. The number of hydrogen-bond donors (Lipinski definition) is 3. The molecular weight excluding hydrogens is 1040 g/mol. The van der Waals surface area contributed by atoms with Crippen LogP contribution in [0.4, 0.5) is 0 Å². The summed E-state index contributed by atoms with van der Waals surface area (Å²) in [6, 6.07) is 0. The van der Waals surface area contributed by atoms with E-state index < -0.39 is 66.2 Å². The van der Waals surface area contributed by atoms with Gasteiger partial charge in [-0.1, -0.05) is 40.9 Å². The van der Waals surface area contributed by atoms with Gasteiger partial charge in [-0.05, 0) is 86.7 Å². The monoisotopic (exact) mass is 1120 g/mol. The molecule has 16 saturated heterocycles. The van der Waals surface area contributed by atoms with Crippen LogP contribution in [0.3, 0.4) is 0 Å². The van der Waals surface area contributed by atoms with Crippen LogP contribution in [0.2, 0.25) is 0 Å². The Labute approximate surface area is 469 Å². The molecule has 0 radical (unpaired) electrons. The Bertz CT molecular complexity index is 2360. The zero-order valence-corrected chi connectivity index (χ0v) is 47.2. The van der Waals surface area contributed by atoms with E-state index in [9.17, 15) is 20.1 Å². The molecule has 12 bridgehead atoms. The number of fused-ring (bicyclic) bond motifs is 10. The predicted molar refractivity (Wildman–Crippen MR) is 278 cm³/mol. The lowest BCUT2D eigenvalue weighted by molar-refractivity contribution is -0.347. The molecule has 0 aliphatic carbocycles. The third-order valence-corrected chi connectivity index (χ3v) is 22.2. The first kappa shape index (κ1) is 54.9. The molecule has 0 aromatic carbocycles. The van der Waals surface area contributed by atoms with Gasteiger partial charge in [0.25, 0.3) is 0 Å². The van der Waals surface area contributed by atoms with Crippen molar-refractivity contribution in [1.29, 1.82) is 0 Å². The summed E-state index contributed by atoms with van der Waals surface area (Å²) < 4.78 is 104. The number of carbonyl (C=O) groups excluding carboxylic acids is 1. The van der Waals surface area contributed by atoms with Gasteiger partial charge in [0.1, 0.15) is 36.6 Å². The second kappa shape index (κ2) is 20.7. The van der Waals surface area contributed by atoms with E-state index in [2.05, 4.69) is 40.9 Å². The summed E-state index contributed by atoms with van der Waals surface area (Å²) in [5.41, 5.74) is 2.15. The highest BCUT2D eigenvalue weighted by molar-refractivity contribution is 5.70. The Balaban J connectivity index is 0.649. The van der Waals surface area contributed by atoms with Gasteiger partial charge in [0, 0.05) is 63.7 Å². The Hall–Kier alpha value is -1.73. The minimum atomic E-state index is -0.919. The molecule has 16 heterocycles. The second-order valence-electron chi connectivity index (χ2n) is 27.9. The van der Waals surface area contributed by atoms with Gasteiger partial charge < -0.3 is 86.4 Å². The van der Waals surface area contributed by atoms with E-state index in [0.717, 1.165) is 49.7 Å². The van der Waals surface area contributed by atoms with Gasteiger partial charge in [0.2, 0.25) is 0 Å². The highest BCUT2D eigenvalue weighted by Gasteiger charge is 2.70. The summed E-state index contributed by atoms with van der Waals surface area (Å²) in [6.07, 6.45) is 3.36. The maximum atomic E-state index is 14.6. The fraction of sp³-hybridized carbons (Fsp3) is 0.918. The first-order valence-corrected chi connectivity index (χ1v) is 31.3. The van der Waals surface area contributed by atoms with Crippen LogP contribution >= 0.6 is 0 Å². The van der Waals surface area contributed by atoms with Crippen molar-refractivity contribution in [3.05, 3.63) is 24.3 Å². The average Bonchev–Trinajstić information content (AvgIpc) is 3.35. The first-order valence-electron chi connectivity index (χ1n) is 31.3. The first-order chi connectivity index (χ1) is 38.5. The number of hydrogen-bond acceptors (Lipinski definition) is 19. The van der Waals surface area contributed by atoms with Crippen LogP contribution in [0.25, 0.3) is 0 Å². The summed E-state index contributed by atoms with van der Waals surface area (Å²) in [4.78, 5) is 14.6. The second-order valence-corrected chi connectivity index (χ2v) is 27.9. The molecule has 0 amide bonds. The van der Waals surface area contributed by atoms with Gasteiger partial charge in [0.05, 0.1) is 129 Å². The van der Waals surface area contributed by atoms with Crippen molar-refractivity contribution in [3.8, 4) is 0 Å². The van der Waals surface area contributed by atoms with E-state index in [1.54, 1.807) is 0 Å². The molecule has 3 spiro atoms. The van der Waals surface area contributed by atoms with E-state index in [4.69, 9.17) is 71.1 Å². The van der Waals surface area contributed by atoms with Crippen LogP contribution in [-0.4, -0.2) is 198 Å². The van der Waals surface area contributed by atoms with E-state index in [1.807, 2.05) is 0 Å². The molecule has 16 aliphatic rings.